The van der Waals surface area contributed by atoms with Crippen molar-refractivity contribution in [2.24, 2.45) is 5.92 Å². The highest BCUT2D eigenvalue weighted by atomic mass is 32.1. The van der Waals surface area contributed by atoms with Gasteiger partial charge in [0.2, 0.25) is 4.96 Å². The molecule has 0 saturated carbocycles. The molecule has 2 heterocycles. The smallest absolute Gasteiger partial charge is 0.266 e. The van der Waals surface area contributed by atoms with Crippen LogP contribution >= 0.6 is 11.3 Å². The van der Waals surface area contributed by atoms with Gasteiger partial charge in [0.25, 0.3) is 5.56 Å². The Balaban J connectivity index is 1.76. The minimum Gasteiger partial charge on any atom is -0.266 e. The Bertz CT molecular complexity index is 940. The summed E-state index contributed by atoms with van der Waals surface area (Å²) in [7, 11) is 0. The van der Waals surface area contributed by atoms with Crippen LogP contribution in [0.3, 0.4) is 0 Å². The summed E-state index contributed by atoms with van der Waals surface area (Å²) in [6.45, 7) is 0. The fourth-order valence-corrected chi connectivity index (χ4v) is 3.71. The highest BCUT2D eigenvalue weighted by molar-refractivity contribution is 7.15. The Kier molecular flexibility index (Phi) is 3.35. The molecule has 5 heteroatoms. The van der Waals surface area contributed by atoms with Gasteiger partial charge in [0.15, 0.2) is 5.82 Å². The van der Waals surface area contributed by atoms with Gasteiger partial charge < -0.3 is 0 Å². The van der Waals surface area contributed by atoms with Crippen molar-refractivity contribution in [3.8, 4) is 11.4 Å². The molecule has 3 aromatic rings. The molecular formula is C17H15N3OS. The molecule has 2 aromatic heterocycles. The fraction of sp³-hybridized carbons (Fsp3) is 0.235. The third kappa shape index (κ3) is 2.37. The van der Waals surface area contributed by atoms with Crippen LogP contribution in [-0.2, 0) is 0 Å². The van der Waals surface area contributed by atoms with Crippen molar-refractivity contribution in [1.82, 2.24) is 14.6 Å². The quantitative estimate of drug-likeness (QED) is 0.684. The first kappa shape index (κ1) is 13.4. The molecule has 0 N–H and O–H groups in total. The molecule has 4 rings (SSSR count). The van der Waals surface area contributed by atoms with E-state index in [1.165, 1.54) is 15.9 Å². The van der Waals surface area contributed by atoms with Crippen molar-refractivity contribution in [2.45, 2.75) is 19.3 Å². The largest absolute Gasteiger partial charge is 0.290 e. The molecule has 0 amide bonds. The highest BCUT2D eigenvalue weighted by Gasteiger charge is 2.13. The summed E-state index contributed by atoms with van der Waals surface area (Å²) in [5.41, 5.74) is 0.880. The zero-order valence-corrected chi connectivity index (χ0v) is 12.8. The molecule has 110 valence electrons. The van der Waals surface area contributed by atoms with Crippen molar-refractivity contribution in [3.05, 3.63) is 57.4 Å². The van der Waals surface area contributed by atoms with E-state index < -0.39 is 0 Å². The number of rotatable bonds is 2. The first-order valence-electron chi connectivity index (χ1n) is 7.43. The number of thiazole rings is 1. The number of allylic oxidation sites excluding steroid dienone is 2. The summed E-state index contributed by atoms with van der Waals surface area (Å²) in [6, 6.07) is 9.74. The van der Waals surface area contributed by atoms with Gasteiger partial charge in [-0.15, -0.1) is 5.10 Å². The normalized spacial score (nSPS) is 19.1. The Hall–Kier alpha value is -2.27. The lowest BCUT2D eigenvalue weighted by Gasteiger charge is -2.11. The van der Waals surface area contributed by atoms with E-state index in [1.807, 2.05) is 30.3 Å². The van der Waals surface area contributed by atoms with Crippen LogP contribution in [0.4, 0.5) is 0 Å². The standard InChI is InChI=1S/C17H15N3OS/c21-16-14(11-12-7-3-1-4-8-12)22-17-18-15(19-20(16)17)13-9-5-2-6-10-13/h1-3,5-6,9-12H,4,7-8H2/b14-11-. The van der Waals surface area contributed by atoms with Crippen LogP contribution in [0.25, 0.3) is 22.4 Å². The zero-order chi connectivity index (χ0) is 14.9. The summed E-state index contributed by atoms with van der Waals surface area (Å²) in [5, 5.41) is 4.37. The van der Waals surface area contributed by atoms with E-state index >= 15 is 0 Å². The van der Waals surface area contributed by atoms with Crippen molar-refractivity contribution in [3.63, 3.8) is 0 Å². The molecule has 4 nitrogen and oxygen atoms in total. The average molecular weight is 309 g/mol. The second-order valence-corrected chi connectivity index (χ2v) is 6.49. The van der Waals surface area contributed by atoms with E-state index in [2.05, 4.69) is 28.3 Å². The van der Waals surface area contributed by atoms with Gasteiger partial charge >= 0.3 is 0 Å². The van der Waals surface area contributed by atoms with E-state index in [0.717, 1.165) is 29.4 Å². The maximum atomic E-state index is 12.5. The number of fused-ring (bicyclic) bond motifs is 1. The highest BCUT2D eigenvalue weighted by Crippen LogP contribution is 2.20. The molecule has 1 unspecified atom stereocenters. The van der Waals surface area contributed by atoms with E-state index in [4.69, 9.17) is 0 Å². The average Bonchev–Trinajstić information content (AvgIpc) is 3.10. The molecule has 0 aliphatic heterocycles. The van der Waals surface area contributed by atoms with Crippen LogP contribution in [0, 0.1) is 5.92 Å². The fourth-order valence-electron chi connectivity index (χ4n) is 2.74. The number of hydrogen-bond donors (Lipinski definition) is 0. The van der Waals surface area contributed by atoms with Crippen molar-refractivity contribution >= 4 is 22.4 Å². The van der Waals surface area contributed by atoms with Gasteiger partial charge in [-0.25, -0.2) is 0 Å². The Morgan fingerprint density at radius 3 is 2.82 bits per heavy atom. The van der Waals surface area contributed by atoms with Crippen molar-refractivity contribution in [2.75, 3.05) is 0 Å². The second kappa shape index (κ2) is 5.50. The molecule has 0 spiro atoms. The molecule has 0 fully saturated rings. The monoisotopic (exact) mass is 309 g/mol. The van der Waals surface area contributed by atoms with E-state index in [0.29, 0.717) is 16.7 Å². The van der Waals surface area contributed by atoms with Crippen molar-refractivity contribution in [1.29, 1.82) is 0 Å². The van der Waals surface area contributed by atoms with Gasteiger partial charge in [-0.05, 0) is 25.2 Å². The maximum Gasteiger partial charge on any atom is 0.290 e. The van der Waals surface area contributed by atoms with Crippen LogP contribution in [0.5, 0.6) is 0 Å². The Morgan fingerprint density at radius 1 is 1.23 bits per heavy atom. The van der Waals surface area contributed by atoms with Gasteiger partial charge in [-0.3, -0.25) is 4.79 Å². The third-order valence-corrected chi connectivity index (χ3v) is 4.89. The Morgan fingerprint density at radius 2 is 2.09 bits per heavy atom. The minimum absolute atomic E-state index is 0.0516. The molecule has 1 aliphatic rings. The number of aromatic nitrogens is 3. The molecular weight excluding hydrogens is 294 g/mol. The lowest BCUT2D eigenvalue weighted by molar-refractivity contribution is 0.612. The molecule has 0 saturated heterocycles. The zero-order valence-electron chi connectivity index (χ0n) is 12.0. The maximum absolute atomic E-state index is 12.5. The molecule has 0 radical (unpaired) electrons. The summed E-state index contributed by atoms with van der Waals surface area (Å²) >= 11 is 1.43. The summed E-state index contributed by atoms with van der Waals surface area (Å²) in [5.74, 6) is 1.06. The third-order valence-electron chi connectivity index (χ3n) is 3.91. The van der Waals surface area contributed by atoms with Crippen LogP contribution in [0.15, 0.2) is 47.3 Å². The lowest BCUT2D eigenvalue weighted by atomic mass is 9.94. The van der Waals surface area contributed by atoms with E-state index in [9.17, 15) is 4.79 Å². The number of hydrogen-bond acceptors (Lipinski definition) is 4. The van der Waals surface area contributed by atoms with Crippen LogP contribution in [0.2, 0.25) is 0 Å². The van der Waals surface area contributed by atoms with Crippen LogP contribution in [0.1, 0.15) is 19.3 Å². The number of nitrogens with zero attached hydrogens (tertiary/aromatic N) is 3. The van der Waals surface area contributed by atoms with E-state index in [-0.39, 0.29) is 5.56 Å². The van der Waals surface area contributed by atoms with Gasteiger partial charge in [-0.2, -0.15) is 9.50 Å². The van der Waals surface area contributed by atoms with Gasteiger partial charge in [0.05, 0.1) is 4.53 Å². The minimum atomic E-state index is -0.0516. The van der Waals surface area contributed by atoms with Crippen LogP contribution < -0.4 is 10.1 Å². The first-order valence-corrected chi connectivity index (χ1v) is 8.25. The first-order chi connectivity index (χ1) is 10.8. The molecule has 1 aliphatic carbocycles. The van der Waals surface area contributed by atoms with Crippen molar-refractivity contribution < 1.29 is 0 Å². The van der Waals surface area contributed by atoms with Gasteiger partial charge in [-0.1, -0.05) is 59.9 Å². The lowest BCUT2D eigenvalue weighted by Crippen LogP contribution is -2.25. The topological polar surface area (TPSA) is 47.3 Å². The van der Waals surface area contributed by atoms with Gasteiger partial charge in [0, 0.05) is 5.56 Å². The summed E-state index contributed by atoms with van der Waals surface area (Å²) in [6.07, 6.45) is 9.71. The summed E-state index contributed by atoms with van der Waals surface area (Å²) in [4.78, 5) is 17.6. The van der Waals surface area contributed by atoms with Crippen LogP contribution in [-0.4, -0.2) is 14.6 Å². The molecule has 22 heavy (non-hydrogen) atoms. The predicted octanol–water partition coefficient (Wildman–Crippen LogP) is 2.67. The number of benzene rings is 1. The van der Waals surface area contributed by atoms with Gasteiger partial charge in [0.1, 0.15) is 0 Å². The predicted molar refractivity (Wildman–Crippen MR) is 88.7 cm³/mol. The summed E-state index contributed by atoms with van der Waals surface area (Å²) < 4.78 is 2.19. The Labute approximate surface area is 131 Å². The molecule has 1 atom stereocenters. The molecule has 1 aromatic carbocycles. The van der Waals surface area contributed by atoms with E-state index in [1.54, 1.807) is 0 Å². The SMILES string of the molecule is O=c1/c(=C/C2CC=CCC2)sc2nc(-c3ccccc3)nn12. The molecule has 0 bridgehead atoms. The second-order valence-electron chi connectivity index (χ2n) is 5.48.